The number of pyridine rings is 1. The van der Waals surface area contributed by atoms with Crippen molar-refractivity contribution in [2.75, 3.05) is 12.8 Å². The molecule has 0 saturated carbocycles. The van der Waals surface area contributed by atoms with Gasteiger partial charge in [0.1, 0.15) is 0 Å². The maximum Gasteiger partial charge on any atom is 0.0825 e. The molecule has 1 rings (SSSR count). The topological polar surface area (TPSA) is 48.1 Å². The van der Waals surface area contributed by atoms with Gasteiger partial charge in [0.2, 0.25) is 0 Å². The molecule has 3 nitrogen and oxygen atoms in total. The Morgan fingerprint density at radius 1 is 1.62 bits per heavy atom. The molecule has 13 heavy (non-hydrogen) atoms. The lowest BCUT2D eigenvalue weighted by atomic mass is 10.1. The molecule has 1 aromatic heterocycles. The van der Waals surface area contributed by atoms with Crippen LogP contribution in [-0.4, -0.2) is 12.1 Å². The normalized spacial score (nSPS) is 12.9. The van der Waals surface area contributed by atoms with E-state index >= 15 is 0 Å². The number of rotatable bonds is 2. The summed E-state index contributed by atoms with van der Waals surface area (Å²) in [5.41, 5.74) is 8.39. The molecule has 4 heteroatoms. The molecule has 0 amide bonds. The first-order chi connectivity index (χ1) is 6.07. The SMILES string of the molecule is COC(C)c1c(Br)cnc(C)c1N. The van der Waals surface area contributed by atoms with E-state index in [-0.39, 0.29) is 6.10 Å². The van der Waals surface area contributed by atoms with Gasteiger partial charge in [0.15, 0.2) is 0 Å². The summed E-state index contributed by atoms with van der Waals surface area (Å²) in [6, 6.07) is 0. The largest absolute Gasteiger partial charge is 0.397 e. The van der Waals surface area contributed by atoms with Crippen LogP contribution >= 0.6 is 15.9 Å². The van der Waals surface area contributed by atoms with Crippen LogP contribution in [0.15, 0.2) is 10.7 Å². The Hall–Kier alpha value is -0.610. The van der Waals surface area contributed by atoms with Crippen LogP contribution in [0.3, 0.4) is 0 Å². The Bertz CT molecular complexity index is 315. The number of nitrogens with two attached hydrogens (primary N) is 1. The van der Waals surface area contributed by atoms with Crippen molar-refractivity contribution in [2.45, 2.75) is 20.0 Å². The maximum absolute atomic E-state index is 5.89. The molecular formula is C9H13BrN2O. The van der Waals surface area contributed by atoms with Gasteiger partial charge in [0.05, 0.1) is 17.5 Å². The molecule has 72 valence electrons. The summed E-state index contributed by atoms with van der Waals surface area (Å²) in [5, 5.41) is 0. The van der Waals surface area contributed by atoms with E-state index in [0.29, 0.717) is 5.69 Å². The lowest BCUT2D eigenvalue weighted by Gasteiger charge is -2.15. The average Bonchev–Trinajstić information content (AvgIpc) is 2.12. The van der Waals surface area contributed by atoms with Gasteiger partial charge in [-0.1, -0.05) is 0 Å². The molecule has 0 saturated heterocycles. The van der Waals surface area contributed by atoms with E-state index in [0.717, 1.165) is 15.7 Å². The number of hydrogen-bond acceptors (Lipinski definition) is 3. The minimum atomic E-state index is -0.0175. The Balaban J connectivity index is 3.25. The third-order valence-corrected chi connectivity index (χ3v) is 2.70. The number of aromatic nitrogens is 1. The summed E-state index contributed by atoms with van der Waals surface area (Å²) in [7, 11) is 1.66. The molecule has 1 heterocycles. The van der Waals surface area contributed by atoms with Crippen LogP contribution in [0.2, 0.25) is 0 Å². The average molecular weight is 245 g/mol. The quantitative estimate of drug-likeness (QED) is 0.870. The fourth-order valence-corrected chi connectivity index (χ4v) is 1.79. The summed E-state index contributed by atoms with van der Waals surface area (Å²) in [5.74, 6) is 0. The number of methoxy groups -OCH3 is 1. The van der Waals surface area contributed by atoms with E-state index in [2.05, 4.69) is 20.9 Å². The summed E-state index contributed by atoms with van der Waals surface area (Å²) >= 11 is 3.40. The molecule has 0 radical (unpaired) electrons. The molecule has 0 aromatic carbocycles. The molecule has 1 unspecified atom stereocenters. The highest BCUT2D eigenvalue weighted by Gasteiger charge is 2.14. The van der Waals surface area contributed by atoms with Crippen molar-refractivity contribution in [3.05, 3.63) is 21.9 Å². The van der Waals surface area contributed by atoms with Gasteiger partial charge < -0.3 is 10.5 Å². The minimum absolute atomic E-state index is 0.0175. The first kappa shape index (κ1) is 10.5. The van der Waals surface area contributed by atoms with Crippen molar-refractivity contribution < 1.29 is 4.74 Å². The Kier molecular flexibility index (Phi) is 3.27. The summed E-state index contributed by atoms with van der Waals surface area (Å²) in [6.07, 6.45) is 1.73. The Morgan fingerprint density at radius 2 is 2.23 bits per heavy atom. The first-order valence-electron chi connectivity index (χ1n) is 4.01. The molecule has 0 spiro atoms. The van der Waals surface area contributed by atoms with Gasteiger partial charge in [-0.2, -0.15) is 0 Å². The van der Waals surface area contributed by atoms with Crippen LogP contribution in [0.1, 0.15) is 24.3 Å². The van der Waals surface area contributed by atoms with Crippen LogP contribution in [0.5, 0.6) is 0 Å². The van der Waals surface area contributed by atoms with E-state index < -0.39 is 0 Å². The number of anilines is 1. The number of hydrogen-bond donors (Lipinski definition) is 1. The lowest BCUT2D eigenvalue weighted by Crippen LogP contribution is -2.05. The third kappa shape index (κ3) is 2.00. The molecule has 2 N–H and O–H groups in total. The van der Waals surface area contributed by atoms with E-state index in [9.17, 15) is 0 Å². The van der Waals surface area contributed by atoms with Crippen LogP contribution < -0.4 is 5.73 Å². The van der Waals surface area contributed by atoms with Gasteiger partial charge in [-0.3, -0.25) is 4.98 Å². The van der Waals surface area contributed by atoms with Gasteiger partial charge in [0, 0.05) is 23.3 Å². The number of nitrogens with zero attached hydrogens (tertiary/aromatic N) is 1. The van der Waals surface area contributed by atoms with E-state index in [4.69, 9.17) is 10.5 Å². The predicted octanol–water partition coefficient (Wildman–Crippen LogP) is 2.44. The lowest BCUT2D eigenvalue weighted by molar-refractivity contribution is 0.119. The van der Waals surface area contributed by atoms with Crippen LogP contribution in [0.25, 0.3) is 0 Å². The number of nitrogen functional groups attached to an aromatic ring is 1. The van der Waals surface area contributed by atoms with Crippen LogP contribution in [0, 0.1) is 6.92 Å². The van der Waals surface area contributed by atoms with Crippen molar-refractivity contribution >= 4 is 21.6 Å². The molecule has 0 aliphatic rings. The van der Waals surface area contributed by atoms with Gasteiger partial charge >= 0.3 is 0 Å². The minimum Gasteiger partial charge on any atom is -0.397 e. The summed E-state index contributed by atoms with van der Waals surface area (Å²) in [6.45, 7) is 3.84. The zero-order valence-electron chi connectivity index (χ0n) is 7.97. The Morgan fingerprint density at radius 3 is 2.77 bits per heavy atom. The zero-order valence-corrected chi connectivity index (χ0v) is 9.55. The standard InChI is InChI=1S/C9H13BrN2O/c1-5-9(11)8(6(2)13-3)7(10)4-12-5/h4,6H,11H2,1-3H3. The second kappa shape index (κ2) is 4.07. The van der Waals surface area contributed by atoms with Crippen LogP contribution in [0.4, 0.5) is 5.69 Å². The van der Waals surface area contributed by atoms with Gasteiger partial charge in [-0.05, 0) is 29.8 Å². The smallest absolute Gasteiger partial charge is 0.0825 e. The second-order valence-corrected chi connectivity index (χ2v) is 3.75. The monoisotopic (exact) mass is 244 g/mol. The summed E-state index contributed by atoms with van der Waals surface area (Å²) < 4.78 is 6.11. The first-order valence-corrected chi connectivity index (χ1v) is 4.80. The molecule has 0 aliphatic heterocycles. The van der Waals surface area contributed by atoms with Gasteiger partial charge in [-0.25, -0.2) is 0 Å². The fourth-order valence-electron chi connectivity index (χ4n) is 1.15. The molecule has 0 bridgehead atoms. The van der Waals surface area contributed by atoms with E-state index in [1.165, 1.54) is 0 Å². The third-order valence-electron chi connectivity index (χ3n) is 2.07. The number of aryl methyl sites for hydroxylation is 1. The van der Waals surface area contributed by atoms with Crippen molar-refractivity contribution in [1.82, 2.24) is 4.98 Å². The molecular weight excluding hydrogens is 232 g/mol. The molecule has 0 fully saturated rings. The summed E-state index contributed by atoms with van der Waals surface area (Å²) in [4.78, 5) is 4.13. The van der Waals surface area contributed by atoms with Crippen molar-refractivity contribution in [3.63, 3.8) is 0 Å². The van der Waals surface area contributed by atoms with Gasteiger partial charge in [0.25, 0.3) is 0 Å². The molecule has 1 atom stereocenters. The Labute approximate surface area is 86.4 Å². The fraction of sp³-hybridized carbons (Fsp3) is 0.444. The second-order valence-electron chi connectivity index (χ2n) is 2.90. The van der Waals surface area contributed by atoms with Crippen LogP contribution in [-0.2, 0) is 4.74 Å². The predicted molar refractivity (Wildman–Crippen MR) is 56.5 cm³/mol. The highest BCUT2D eigenvalue weighted by atomic mass is 79.9. The van der Waals surface area contributed by atoms with Crippen molar-refractivity contribution in [2.24, 2.45) is 0 Å². The van der Waals surface area contributed by atoms with E-state index in [1.54, 1.807) is 13.3 Å². The highest BCUT2D eigenvalue weighted by molar-refractivity contribution is 9.10. The van der Waals surface area contributed by atoms with Crippen molar-refractivity contribution in [3.8, 4) is 0 Å². The van der Waals surface area contributed by atoms with Gasteiger partial charge in [-0.15, -0.1) is 0 Å². The zero-order chi connectivity index (χ0) is 10.0. The number of halogens is 1. The molecule has 1 aromatic rings. The highest BCUT2D eigenvalue weighted by Crippen LogP contribution is 2.31. The molecule has 0 aliphatic carbocycles. The van der Waals surface area contributed by atoms with E-state index in [1.807, 2.05) is 13.8 Å². The maximum atomic E-state index is 5.89. The number of ether oxygens (including phenoxy) is 1. The van der Waals surface area contributed by atoms with Crippen molar-refractivity contribution in [1.29, 1.82) is 0 Å².